The van der Waals surface area contributed by atoms with Crippen molar-refractivity contribution in [3.05, 3.63) is 0 Å². The van der Waals surface area contributed by atoms with Gasteiger partial charge in [-0.15, -0.1) is 0 Å². The maximum Gasteiger partial charge on any atom is 0.296 e. The SMILES string of the molecule is CC#CC(=O)NC1CCCN(C(=O)C2CCC2)C1. The first-order chi connectivity index (χ1) is 8.70. The third-order valence-electron chi connectivity index (χ3n) is 3.76. The van der Waals surface area contributed by atoms with Gasteiger partial charge in [0.05, 0.1) is 0 Å². The summed E-state index contributed by atoms with van der Waals surface area (Å²) in [6.45, 7) is 3.13. The normalized spacial score (nSPS) is 23.6. The van der Waals surface area contributed by atoms with Crippen LogP contribution in [0, 0.1) is 17.8 Å². The van der Waals surface area contributed by atoms with Crippen molar-refractivity contribution in [2.24, 2.45) is 5.92 Å². The molecule has 0 radical (unpaired) electrons. The molecule has 1 atom stereocenters. The van der Waals surface area contributed by atoms with E-state index < -0.39 is 0 Å². The molecule has 2 rings (SSSR count). The molecule has 2 amide bonds. The average molecular weight is 248 g/mol. The Morgan fingerprint density at radius 2 is 2.00 bits per heavy atom. The maximum absolute atomic E-state index is 12.1. The molecule has 1 saturated carbocycles. The molecule has 1 unspecified atom stereocenters. The van der Waals surface area contributed by atoms with Gasteiger partial charge < -0.3 is 10.2 Å². The molecule has 1 aliphatic carbocycles. The summed E-state index contributed by atoms with van der Waals surface area (Å²) < 4.78 is 0. The molecule has 0 aromatic carbocycles. The first-order valence-electron chi connectivity index (χ1n) is 6.72. The van der Waals surface area contributed by atoms with Crippen molar-refractivity contribution in [1.29, 1.82) is 0 Å². The summed E-state index contributed by atoms with van der Waals surface area (Å²) in [7, 11) is 0. The molecule has 0 aromatic heterocycles. The van der Waals surface area contributed by atoms with E-state index in [1.807, 2.05) is 4.90 Å². The van der Waals surface area contributed by atoms with Gasteiger partial charge in [0, 0.05) is 25.0 Å². The maximum atomic E-state index is 12.1. The Labute approximate surface area is 108 Å². The zero-order chi connectivity index (χ0) is 13.0. The molecular formula is C14H20N2O2. The van der Waals surface area contributed by atoms with Crippen molar-refractivity contribution >= 4 is 11.8 Å². The van der Waals surface area contributed by atoms with Crippen LogP contribution in [0.5, 0.6) is 0 Å². The number of amides is 2. The number of likely N-dealkylation sites (tertiary alicyclic amines) is 1. The van der Waals surface area contributed by atoms with Crippen molar-refractivity contribution in [3.63, 3.8) is 0 Å². The van der Waals surface area contributed by atoms with Crippen LogP contribution >= 0.6 is 0 Å². The van der Waals surface area contributed by atoms with E-state index in [1.165, 1.54) is 6.42 Å². The molecule has 2 fully saturated rings. The summed E-state index contributed by atoms with van der Waals surface area (Å²) >= 11 is 0. The third kappa shape index (κ3) is 3.04. The molecule has 0 bridgehead atoms. The largest absolute Gasteiger partial charge is 0.341 e. The second kappa shape index (κ2) is 5.90. The van der Waals surface area contributed by atoms with Gasteiger partial charge in [0.2, 0.25) is 5.91 Å². The summed E-state index contributed by atoms with van der Waals surface area (Å²) in [6, 6.07) is 0.0659. The second-order valence-corrected chi connectivity index (χ2v) is 5.10. The zero-order valence-electron chi connectivity index (χ0n) is 10.9. The number of nitrogens with zero attached hydrogens (tertiary/aromatic N) is 1. The smallest absolute Gasteiger partial charge is 0.296 e. The predicted molar refractivity (Wildman–Crippen MR) is 68.5 cm³/mol. The van der Waals surface area contributed by atoms with E-state index in [9.17, 15) is 9.59 Å². The molecule has 1 N–H and O–H groups in total. The highest BCUT2D eigenvalue weighted by atomic mass is 16.2. The van der Waals surface area contributed by atoms with Gasteiger partial charge in [-0.3, -0.25) is 9.59 Å². The van der Waals surface area contributed by atoms with Crippen molar-refractivity contribution < 1.29 is 9.59 Å². The standard InChI is InChI=1S/C14H20N2O2/c1-2-5-13(17)15-12-8-4-9-16(10-12)14(18)11-6-3-7-11/h11-12H,3-4,6-10H2,1H3,(H,15,17). The minimum absolute atomic E-state index is 0.0659. The number of carbonyl (C=O) groups is 2. The van der Waals surface area contributed by atoms with Gasteiger partial charge >= 0.3 is 0 Å². The molecule has 0 spiro atoms. The predicted octanol–water partition coefficient (Wildman–Crippen LogP) is 0.917. The molecule has 0 aromatic rings. The molecule has 1 saturated heterocycles. The number of carbonyl (C=O) groups excluding carboxylic acids is 2. The van der Waals surface area contributed by atoms with Crippen LogP contribution in [0.4, 0.5) is 0 Å². The van der Waals surface area contributed by atoms with Crippen molar-refractivity contribution in [3.8, 4) is 11.8 Å². The fourth-order valence-corrected chi connectivity index (χ4v) is 2.54. The molecule has 18 heavy (non-hydrogen) atoms. The first kappa shape index (κ1) is 12.9. The summed E-state index contributed by atoms with van der Waals surface area (Å²) in [5.74, 6) is 5.35. The van der Waals surface area contributed by atoms with Crippen molar-refractivity contribution in [1.82, 2.24) is 10.2 Å². The van der Waals surface area contributed by atoms with E-state index in [0.29, 0.717) is 6.54 Å². The van der Waals surface area contributed by atoms with Gasteiger partial charge in [-0.2, -0.15) is 0 Å². The number of rotatable bonds is 2. The highest BCUT2D eigenvalue weighted by Gasteiger charge is 2.32. The average Bonchev–Trinajstić information content (AvgIpc) is 2.27. The highest BCUT2D eigenvalue weighted by Crippen LogP contribution is 2.29. The highest BCUT2D eigenvalue weighted by molar-refractivity contribution is 5.93. The molecule has 98 valence electrons. The van der Waals surface area contributed by atoms with Crippen LogP contribution in [-0.4, -0.2) is 35.8 Å². The lowest BCUT2D eigenvalue weighted by Gasteiger charge is -2.37. The lowest BCUT2D eigenvalue weighted by Crippen LogP contribution is -2.51. The summed E-state index contributed by atoms with van der Waals surface area (Å²) in [6.07, 6.45) is 5.15. The minimum Gasteiger partial charge on any atom is -0.341 e. The van der Waals surface area contributed by atoms with Crippen molar-refractivity contribution in [2.45, 2.75) is 45.1 Å². The number of piperidine rings is 1. The van der Waals surface area contributed by atoms with Gasteiger partial charge in [0.15, 0.2) is 0 Å². The Hall–Kier alpha value is -1.50. The Balaban J connectivity index is 1.85. The van der Waals surface area contributed by atoms with Gasteiger partial charge in [-0.1, -0.05) is 12.3 Å². The number of hydrogen-bond acceptors (Lipinski definition) is 2. The molecule has 4 heteroatoms. The fraction of sp³-hybridized carbons (Fsp3) is 0.714. The Morgan fingerprint density at radius 1 is 1.22 bits per heavy atom. The van der Waals surface area contributed by atoms with Gasteiger partial charge in [0.25, 0.3) is 5.91 Å². The van der Waals surface area contributed by atoms with E-state index in [0.717, 1.165) is 32.2 Å². The lowest BCUT2D eigenvalue weighted by molar-refractivity contribution is -0.140. The van der Waals surface area contributed by atoms with E-state index >= 15 is 0 Å². The number of hydrogen-bond donors (Lipinski definition) is 1. The second-order valence-electron chi connectivity index (χ2n) is 5.10. The fourth-order valence-electron chi connectivity index (χ4n) is 2.54. The Bertz CT molecular complexity index is 390. The minimum atomic E-state index is -0.236. The van der Waals surface area contributed by atoms with Crippen LogP contribution in [0.25, 0.3) is 0 Å². The number of nitrogens with one attached hydrogen (secondary N) is 1. The third-order valence-corrected chi connectivity index (χ3v) is 3.76. The topological polar surface area (TPSA) is 49.4 Å². The molecule has 2 aliphatic rings. The van der Waals surface area contributed by atoms with E-state index in [1.54, 1.807) is 6.92 Å². The van der Waals surface area contributed by atoms with Crippen LogP contribution in [0.1, 0.15) is 39.0 Å². The Morgan fingerprint density at radius 3 is 2.61 bits per heavy atom. The van der Waals surface area contributed by atoms with Gasteiger partial charge in [-0.05, 0) is 38.5 Å². The zero-order valence-corrected chi connectivity index (χ0v) is 10.9. The summed E-state index contributed by atoms with van der Waals surface area (Å²) in [5.41, 5.74) is 0. The van der Waals surface area contributed by atoms with Crippen LogP contribution in [0.2, 0.25) is 0 Å². The van der Waals surface area contributed by atoms with Gasteiger partial charge in [-0.25, -0.2) is 0 Å². The van der Waals surface area contributed by atoms with E-state index in [2.05, 4.69) is 17.2 Å². The molecule has 4 nitrogen and oxygen atoms in total. The monoisotopic (exact) mass is 248 g/mol. The molecule has 1 aliphatic heterocycles. The Kier molecular flexibility index (Phi) is 4.24. The van der Waals surface area contributed by atoms with Crippen LogP contribution in [0.15, 0.2) is 0 Å². The van der Waals surface area contributed by atoms with Crippen LogP contribution in [-0.2, 0) is 9.59 Å². The van der Waals surface area contributed by atoms with E-state index in [-0.39, 0.29) is 23.8 Å². The van der Waals surface area contributed by atoms with Crippen molar-refractivity contribution in [2.75, 3.05) is 13.1 Å². The van der Waals surface area contributed by atoms with Crippen LogP contribution in [0.3, 0.4) is 0 Å². The van der Waals surface area contributed by atoms with E-state index in [4.69, 9.17) is 0 Å². The van der Waals surface area contributed by atoms with Crippen LogP contribution < -0.4 is 5.32 Å². The summed E-state index contributed by atoms with van der Waals surface area (Å²) in [5, 5.41) is 2.87. The molecular weight excluding hydrogens is 228 g/mol. The molecule has 1 heterocycles. The summed E-state index contributed by atoms with van der Waals surface area (Å²) in [4.78, 5) is 25.4. The first-order valence-corrected chi connectivity index (χ1v) is 6.72. The lowest BCUT2D eigenvalue weighted by atomic mass is 9.84. The van der Waals surface area contributed by atoms with Gasteiger partial charge in [0.1, 0.15) is 0 Å². The quantitative estimate of drug-likeness (QED) is 0.739.